The Morgan fingerprint density at radius 2 is 1.83 bits per heavy atom. The van der Waals surface area contributed by atoms with Gasteiger partial charge < -0.3 is 20.9 Å². The summed E-state index contributed by atoms with van der Waals surface area (Å²) in [6.07, 6.45) is 2.73. The Balaban J connectivity index is 2.07. The van der Waals surface area contributed by atoms with Crippen LogP contribution in [0.1, 0.15) is 37.8 Å². The van der Waals surface area contributed by atoms with Crippen molar-refractivity contribution in [3.05, 3.63) is 23.8 Å². The van der Waals surface area contributed by atoms with Gasteiger partial charge in [-0.15, -0.1) is 0 Å². The molecule has 0 saturated heterocycles. The van der Waals surface area contributed by atoms with Gasteiger partial charge in [0.05, 0.1) is 13.2 Å². The molecular weight excluding hydrogens is 228 g/mol. The summed E-state index contributed by atoms with van der Waals surface area (Å²) < 4.78 is 11.3. The first-order chi connectivity index (χ1) is 8.66. The molecule has 1 heterocycles. The number of fused-ring (bicyclic) bond motifs is 1. The summed E-state index contributed by atoms with van der Waals surface area (Å²) in [7, 11) is 0. The third-order valence-corrected chi connectivity index (χ3v) is 3.13. The first-order valence-corrected chi connectivity index (χ1v) is 6.57. The van der Waals surface area contributed by atoms with Gasteiger partial charge in [0.2, 0.25) is 0 Å². The molecular formula is C14H22N2O2. The minimum absolute atomic E-state index is 0.00755. The van der Waals surface area contributed by atoms with Crippen molar-refractivity contribution in [2.24, 2.45) is 11.5 Å². The van der Waals surface area contributed by atoms with Gasteiger partial charge in [0.25, 0.3) is 0 Å². The van der Waals surface area contributed by atoms with E-state index in [1.165, 1.54) is 0 Å². The maximum atomic E-state index is 6.16. The Hall–Kier alpha value is -1.26. The molecule has 2 rings (SSSR count). The summed E-state index contributed by atoms with van der Waals surface area (Å²) in [5, 5.41) is 0. The van der Waals surface area contributed by atoms with Crippen LogP contribution < -0.4 is 20.9 Å². The summed E-state index contributed by atoms with van der Waals surface area (Å²) in [5.41, 5.74) is 13.0. The van der Waals surface area contributed by atoms with Crippen molar-refractivity contribution in [2.75, 3.05) is 13.2 Å². The van der Waals surface area contributed by atoms with Gasteiger partial charge >= 0.3 is 0 Å². The predicted molar refractivity (Wildman–Crippen MR) is 71.9 cm³/mol. The predicted octanol–water partition coefficient (Wildman–Crippen LogP) is 1.98. The molecule has 0 fully saturated rings. The molecule has 4 N–H and O–H groups in total. The van der Waals surface area contributed by atoms with Gasteiger partial charge in [-0.05, 0) is 37.5 Å². The molecule has 2 unspecified atom stereocenters. The zero-order chi connectivity index (χ0) is 13.0. The number of hydrogen-bond acceptors (Lipinski definition) is 4. The van der Waals surface area contributed by atoms with E-state index in [9.17, 15) is 0 Å². The summed E-state index contributed by atoms with van der Waals surface area (Å²) in [4.78, 5) is 0. The molecule has 0 aliphatic carbocycles. The maximum absolute atomic E-state index is 6.16. The van der Waals surface area contributed by atoms with Crippen LogP contribution in [0.3, 0.4) is 0 Å². The molecule has 1 aromatic carbocycles. The minimum Gasteiger partial charge on any atom is -0.490 e. The van der Waals surface area contributed by atoms with E-state index in [0.29, 0.717) is 13.2 Å². The van der Waals surface area contributed by atoms with Crippen LogP contribution >= 0.6 is 0 Å². The molecule has 18 heavy (non-hydrogen) atoms. The molecule has 1 aromatic rings. The fourth-order valence-electron chi connectivity index (χ4n) is 2.02. The van der Waals surface area contributed by atoms with Crippen molar-refractivity contribution >= 4 is 0 Å². The monoisotopic (exact) mass is 250 g/mol. The lowest BCUT2D eigenvalue weighted by Gasteiger charge is -2.15. The number of rotatable bonds is 4. The molecule has 1 aliphatic rings. The van der Waals surface area contributed by atoms with Crippen molar-refractivity contribution < 1.29 is 9.47 Å². The highest BCUT2D eigenvalue weighted by atomic mass is 16.5. The Kier molecular flexibility index (Phi) is 4.44. The molecule has 2 atom stereocenters. The van der Waals surface area contributed by atoms with Gasteiger partial charge in [0, 0.05) is 18.5 Å². The number of benzene rings is 1. The van der Waals surface area contributed by atoms with Crippen LogP contribution in [-0.2, 0) is 0 Å². The SMILES string of the molecule is CC(N)CCC(N)c1ccc2c(c1)OCCCO2. The van der Waals surface area contributed by atoms with Gasteiger partial charge in [-0.3, -0.25) is 0 Å². The number of nitrogens with two attached hydrogens (primary N) is 2. The van der Waals surface area contributed by atoms with Gasteiger partial charge in [-0.2, -0.15) is 0 Å². The summed E-state index contributed by atoms with van der Waals surface area (Å²) in [6.45, 7) is 3.41. The standard InChI is InChI=1S/C14H22N2O2/c1-10(15)3-5-12(16)11-4-6-13-14(9-11)18-8-2-7-17-13/h4,6,9-10,12H,2-3,5,7-8,15-16H2,1H3. The molecule has 100 valence electrons. The van der Waals surface area contributed by atoms with Crippen molar-refractivity contribution in [3.8, 4) is 11.5 Å². The number of hydrogen-bond donors (Lipinski definition) is 2. The number of ether oxygens (including phenoxy) is 2. The summed E-state index contributed by atoms with van der Waals surface area (Å²) in [6, 6.07) is 6.15. The molecule has 4 heteroatoms. The molecule has 0 radical (unpaired) electrons. The van der Waals surface area contributed by atoms with E-state index in [4.69, 9.17) is 20.9 Å². The van der Waals surface area contributed by atoms with Gasteiger partial charge in [-0.1, -0.05) is 6.07 Å². The molecule has 0 bridgehead atoms. The van der Waals surface area contributed by atoms with E-state index in [1.54, 1.807) is 0 Å². The smallest absolute Gasteiger partial charge is 0.161 e. The van der Waals surface area contributed by atoms with Crippen LogP contribution in [0.5, 0.6) is 11.5 Å². The Morgan fingerprint density at radius 3 is 2.56 bits per heavy atom. The summed E-state index contributed by atoms with van der Waals surface area (Å²) in [5.74, 6) is 1.62. The van der Waals surface area contributed by atoms with E-state index in [-0.39, 0.29) is 12.1 Å². The highest BCUT2D eigenvalue weighted by Crippen LogP contribution is 2.32. The third kappa shape index (κ3) is 3.37. The first kappa shape index (κ1) is 13.2. The van der Waals surface area contributed by atoms with E-state index >= 15 is 0 Å². The largest absolute Gasteiger partial charge is 0.490 e. The van der Waals surface area contributed by atoms with Crippen molar-refractivity contribution in [3.63, 3.8) is 0 Å². The van der Waals surface area contributed by atoms with Crippen molar-refractivity contribution in [1.82, 2.24) is 0 Å². The van der Waals surface area contributed by atoms with E-state index in [1.807, 2.05) is 25.1 Å². The second-order valence-electron chi connectivity index (χ2n) is 4.92. The first-order valence-electron chi connectivity index (χ1n) is 6.57. The zero-order valence-electron chi connectivity index (χ0n) is 10.9. The molecule has 1 aliphatic heterocycles. The molecule has 0 aromatic heterocycles. The van der Waals surface area contributed by atoms with Crippen molar-refractivity contribution in [1.29, 1.82) is 0 Å². The fraction of sp³-hybridized carbons (Fsp3) is 0.571. The quantitative estimate of drug-likeness (QED) is 0.857. The topological polar surface area (TPSA) is 70.5 Å². The Bertz CT molecular complexity index is 393. The van der Waals surface area contributed by atoms with Crippen LogP contribution in [0.25, 0.3) is 0 Å². The van der Waals surface area contributed by atoms with Gasteiger partial charge in [-0.25, -0.2) is 0 Å². The second kappa shape index (κ2) is 6.07. The molecule has 0 saturated carbocycles. The van der Waals surface area contributed by atoms with Crippen LogP contribution in [0.4, 0.5) is 0 Å². The zero-order valence-corrected chi connectivity index (χ0v) is 10.9. The van der Waals surface area contributed by atoms with Crippen LogP contribution in [0.15, 0.2) is 18.2 Å². The average Bonchev–Trinajstić information content (AvgIpc) is 2.60. The van der Waals surface area contributed by atoms with E-state index in [2.05, 4.69) is 0 Å². The Labute approximate surface area is 108 Å². The summed E-state index contributed by atoms with van der Waals surface area (Å²) >= 11 is 0. The van der Waals surface area contributed by atoms with Crippen molar-refractivity contribution in [2.45, 2.75) is 38.3 Å². The third-order valence-electron chi connectivity index (χ3n) is 3.13. The second-order valence-corrected chi connectivity index (χ2v) is 4.92. The lowest BCUT2D eigenvalue weighted by Crippen LogP contribution is -2.19. The lowest BCUT2D eigenvalue weighted by atomic mass is 10.0. The maximum Gasteiger partial charge on any atom is 0.161 e. The highest BCUT2D eigenvalue weighted by molar-refractivity contribution is 5.44. The normalized spacial score (nSPS) is 17.9. The minimum atomic E-state index is 0.00755. The molecule has 0 amide bonds. The van der Waals surface area contributed by atoms with Gasteiger partial charge in [0.1, 0.15) is 0 Å². The lowest BCUT2D eigenvalue weighted by molar-refractivity contribution is 0.297. The molecule has 4 nitrogen and oxygen atoms in total. The van der Waals surface area contributed by atoms with Crippen LogP contribution in [0.2, 0.25) is 0 Å². The van der Waals surface area contributed by atoms with Crippen LogP contribution in [-0.4, -0.2) is 19.3 Å². The van der Waals surface area contributed by atoms with Crippen LogP contribution in [0, 0.1) is 0 Å². The van der Waals surface area contributed by atoms with E-state index in [0.717, 1.165) is 36.3 Å². The fourth-order valence-corrected chi connectivity index (χ4v) is 2.02. The highest BCUT2D eigenvalue weighted by Gasteiger charge is 2.14. The van der Waals surface area contributed by atoms with E-state index < -0.39 is 0 Å². The Morgan fingerprint density at radius 1 is 1.11 bits per heavy atom. The average molecular weight is 250 g/mol. The van der Waals surface area contributed by atoms with Gasteiger partial charge in [0.15, 0.2) is 11.5 Å². The molecule has 0 spiro atoms.